The molecule has 0 aliphatic carbocycles. The number of carbonyl (C=O) groups excluding carboxylic acids is 1. The predicted octanol–water partition coefficient (Wildman–Crippen LogP) is 3.25. The molecule has 0 saturated carbocycles. The van der Waals surface area contributed by atoms with Gasteiger partial charge in [-0.1, -0.05) is 30.3 Å². The zero-order chi connectivity index (χ0) is 22.2. The van der Waals surface area contributed by atoms with Crippen LogP contribution in [0.1, 0.15) is 36.2 Å². The zero-order valence-corrected chi connectivity index (χ0v) is 18.3. The van der Waals surface area contributed by atoms with Gasteiger partial charge in [-0.05, 0) is 36.8 Å². The summed E-state index contributed by atoms with van der Waals surface area (Å²) < 4.78 is 27.1. The molecule has 31 heavy (non-hydrogen) atoms. The van der Waals surface area contributed by atoms with E-state index >= 15 is 0 Å². The smallest absolute Gasteiger partial charge is 0.240 e. The molecule has 0 bridgehead atoms. The normalized spacial score (nSPS) is 16.3. The molecular weight excluding hydrogens is 414 g/mol. The molecule has 0 saturated heterocycles. The molecule has 2 aromatic carbocycles. The van der Waals surface area contributed by atoms with E-state index in [1.807, 2.05) is 48.1 Å². The van der Waals surface area contributed by atoms with Gasteiger partial charge in [-0.25, -0.2) is 18.1 Å². The number of hydrogen-bond acceptors (Lipinski definition) is 5. The number of para-hydroxylation sites is 1. The summed E-state index contributed by atoms with van der Waals surface area (Å²) >= 11 is 0. The van der Waals surface area contributed by atoms with Crippen molar-refractivity contribution in [3.8, 4) is 5.69 Å². The van der Waals surface area contributed by atoms with Crippen LogP contribution >= 0.6 is 0 Å². The van der Waals surface area contributed by atoms with E-state index in [0.717, 1.165) is 34.5 Å². The molecule has 4 rings (SSSR count). The van der Waals surface area contributed by atoms with Gasteiger partial charge in [0.05, 0.1) is 29.4 Å². The topological polar surface area (TPSA) is 96.7 Å². The van der Waals surface area contributed by atoms with Gasteiger partial charge in [-0.3, -0.25) is 9.52 Å². The maximum Gasteiger partial charge on any atom is 0.240 e. The highest BCUT2D eigenvalue weighted by molar-refractivity contribution is 7.92. The molecule has 1 aliphatic heterocycles. The number of carbonyl (C=O) groups is 1. The number of benzene rings is 2. The van der Waals surface area contributed by atoms with Crippen LogP contribution in [0, 0.1) is 6.92 Å². The lowest BCUT2D eigenvalue weighted by molar-refractivity contribution is -0.130. The fourth-order valence-corrected chi connectivity index (χ4v) is 4.24. The van der Waals surface area contributed by atoms with Crippen molar-refractivity contribution < 1.29 is 13.2 Å². The predicted molar refractivity (Wildman–Crippen MR) is 120 cm³/mol. The minimum Gasteiger partial charge on any atom is -0.284 e. The van der Waals surface area contributed by atoms with Gasteiger partial charge in [0.2, 0.25) is 15.9 Å². The Bertz CT molecular complexity index is 1250. The third kappa shape index (κ3) is 4.51. The Morgan fingerprint density at radius 2 is 1.77 bits per heavy atom. The van der Waals surface area contributed by atoms with E-state index in [-0.39, 0.29) is 11.9 Å². The van der Waals surface area contributed by atoms with E-state index in [1.54, 1.807) is 24.3 Å². The first-order valence-corrected chi connectivity index (χ1v) is 11.7. The second-order valence-electron chi connectivity index (χ2n) is 7.53. The SMILES string of the molecule is CC(=O)N1N=C(c2ccc(NS(C)(=O)=O)cc2)C[C@@H]1c1cn(-c2ccccc2)nc1C. The number of anilines is 1. The Morgan fingerprint density at radius 1 is 1.10 bits per heavy atom. The van der Waals surface area contributed by atoms with Gasteiger partial charge in [-0.2, -0.15) is 10.2 Å². The molecule has 1 aromatic heterocycles. The van der Waals surface area contributed by atoms with Gasteiger partial charge in [-0.15, -0.1) is 0 Å². The summed E-state index contributed by atoms with van der Waals surface area (Å²) in [5.74, 6) is -0.151. The number of rotatable bonds is 5. The molecule has 1 amide bonds. The van der Waals surface area contributed by atoms with Crippen LogP contribution in [0.2, 0.25) is 0 Å². The van der Waals surface area contributed by atoms with Gasteiger partial charge < -0.3 is 0 Å². The standard InChI is InChI=1S/C22H23N5O3S/c1-15-20(14-26(23-15)19-7-5-4-6-8-19)22-13-21(24-27(22)16(2)28)17-9-11-18(12-10-17)25-31(3,29)30/h4-12,14,22,25H,13H2,1-3H3/t22-/m1/s1. The van der Waals surface area contributed by atoms with E-state index in [9.17, 15) is 13.2 Å². The van der Waals surface area contributed by atoms with Gasteiger partial charge in [0, 0.05) is 30.8 Å². The van der Waals surface area contributed by atoms with E-state index < -0.39 is 10.0 Å². The van der Waals surface area contributed by atoms with Crippen molar-refractivity contribution in [2.45, 2.75) is 26.3 Å². The van der Waals surface area contributed by atoms with Crippen LogP contribution in [0.3, 0.4) is 0 Å². The summed E-state index contributed by atoms with van der Waals surface area (Å²) in [6, 6.07) is 16.5. The molecule has 1 atom stereocenters. The van der Waals surface area contributed by atoms with Gasteiger partial charge in [0.25, 0.3) is 0 Å². The van der Waals surface area contributed by atoms with Crippen LogP contribution in [0.5, 0.6) is 0 Å². The highest BCUT2D eigenvalue weighted by Gasteiger charge is 2.33. The number of nitrogens with zero attached hydrogens (tertiary/aromatic N) is 4. The van der Waals surface area contributed by atoms with E-state index in [0.29, 0.717) is 12.1 Å². The Hall–Kier alpha value is -3.46. The lowest BCUT2D eigenvalue weighted by atomic mass is 9.99. The first kappa shape index (κ1) is 20.8. The average molecular weight is 438 g/mol. The van der Waals surface area contributed by atoms with Gasteiger partial charge >= 0.3 is 0 Å². The average Bonchev–Trinajstić information content (AvgIpc) is 3.32. The molecule has 1 aliphatic rings. The van der Waals surface area contributed by atoms with Crippen molar-refractivity contribution in [1.82, 2.24) is 14.8 Å². The summed E-state index contributed by atoms with van der Waals surface area (Å²) in [5, 5.41) is 10.7. The lowest BCUT2D eigenvalue weighted by Gasteiger charge is -2.19. The minimum atomic E-state index is -3.34. The van der Waals surface area contributed by atoms with Crippen LogP contribution < -0.4 is 4.72 Å². The third-order valence-corrected chi connectivity index (χ3v) is 5.68. The first-order chi connectivity index (χ1) is 14.7. The summed E-state index contributed by atoms with van der Waals surface area (Å²) in [7, 11) is -3.34. The second kappa shape index (κ2) is 7.99. The molecular formula is C22H23N5O3S. The second-order valence-corrected chi connectivity index (χ2v) is 9.28. The molecule has 3 aromatic rings. The largest absolute Gasteiger partial charge is 0.284 e. The van der Waals surface area contributed by atoms with Gasteiger partial charge in [0.15, 0.2) is 0 Å². The maximum atomic E-state index is 12.3. The summed E-state index contributed by atoms with van der Waals surface area (Å²) in [6.07, 6.45) is 3.60. The number of amides is 1. The molecule has 0 fully saturated rings. The highest BCUT2D eigenvalue weighted by atomic mass is 32.2. The lowest BCUT2D eigenvalue weighted by Crippen LogP contribution is -2.24. The van der Waals surface area contributed by atoms with Crippen molar-refractivity contribution in [1.29, 1.82) is 0 Å². The fraction of sp³-hybridized carbons (Fsp3) is 0.227. The Balaban J connectivity index is 1.62. The van der Waals surface area contributed by atoms with Crippen molar-refractivity contribution in [3.63, 3.8) is 0 Å². The van der Waals surface area contributed by atoms with E-state index in [1.165, 1.54) is 11.9 Å². The number of hydrogen-bond donors (Lipinski definition) is 1. The van der Waals surface area contributed by atoms with Crippen molar-refractivity contribution in [2.24, 2.45) is 5.10 Å². The highest BCUT2D eigenvalue weighted by Crippen LogP contribution is 2.34. The van der Waals surface area contributed by atoms with Crippen LogP contribution in [-0.4, -0.2) is 41.1 Å². The Morgan fingerprint density at radius 3 is 2.39 bits per heavy atom. The Kier molecular flexibility index (Phi) is 5.36. The number of aryl methyl sites for hydroxylation is 1. The van der Waals surface area contributed by atoms with Crippen LogP contribution in [0.25, 0.3) is 5.69 Å². The summed E-state index contributed by atoms with van der Waals surface area (Å²) in [5.41, 5.74) is 4.79. The van der Waals surface area contributed by atoms with E-state index in [4.69, 9.17) is 0 Å². The monoisotopic (exact) mass is 437 g/mol. The van der Waals surface area contributed by atoms with Crippen molar-refractivity contribution in [3.05, 3.63) is 77.6 Å². The zero-order valence-electron chi connectivity index (χ0n) is 17.5. The first-order valence-electron chi connectivity index (χ1n) is 9.78. The maximum absolute atomic E-state index is 12.3. The quantitative estimate of drug-likeness (QED) is 0.663. The van der Waals surface area contributed by atoms with Gasteiger partial charge in [0.1, 0.15) is 0 Å². The van der Waals surface area contributed by atoms with Crippen LogP contribution in [0.15, 0.2) is 65.9 Å². The Labute approximate surface area is 181 Å². The number of aromatic nitrogens is 2. The van der Waals surface area contributed by atoms with E-state index in [2.05, 4.69) is 14.9 Å². The third-order valence-electron chi connectivity index (χ3n) is 5.07. The van der Waals surface area contributed by atoms with Crippen molar-refractivity contribution >= 4 is 27.3 Å². The molecule has 9 heteroatoms. The number of sulfonamides is 1. The fourth-order valence-electron chi connectivity index (χ4n) is 3.68. The molecule has 0 unspecified atom stereocenters. The molecule has 1 N–H and O–H groups in total. The van der Waals surface area contributed by atoms with Crippen LogP contribution in [-0.2, 0) is 14.8 Å². The molecule has 160 valence electrons. The summed E-state index contributed by atoms with van der Waals surface area (Å²) in [4.78, 5) is 12.3. The summed E-state index contributed by atoms with van der Waals surface area (Å²) in [6.45, 7) is 3.42. The molecule has 0 radical (unpaired) electrons. The van der Waals surface area contributed by atoms with Crippen LogP contribution in [0.4, 0.5) is 5.69 Å². The van der Waals surface area contributed by atoms with Crippen molar-refractivity contribution in [2.75, 3.05) is 11.0 Å². The molecule has 2 heterocycles. The molecule has 8 nitrogen and oxygen atoms in total. The minimum absolute atomic E-state index is 0.151. The number of hydrazone groups is 1. The number of nitrogens with one attached hydrogen (secondary N) is 1. The molecule has 0 spiro atoms.